The number of rotatable bonds is 5. The Kier molecular flexibility index (Phi) is 5.26. The molecule has 1 fully saturated rings. The normalized spacial score (nSPS) is 22.5. The van der Waals surface area contributed by atoms with E-state index in [1.165, 1.54) is 10.9 Å². The number of amides is 1. The van der Waals surface area contributed by atoms with Crippen LogP contribution in [0, 0.1) is 5.92 Å². The summed E-state index contributed by atoms with van der Waals surface area (Å²) in [4.78, 5) is 23.5. The van der Waals surface area contributed by atoms with Crippen molar-refractivity contribution in [2.45, 2.75) is 44.7 Å². The largest absolute Gasteiger partial charge is 0.481 e. The van der Waals surface area contributed by atoms with Crippen molar-refractivity contribution in [2.75, 3.05) is 6.54 Å². The van der Waals surface area contributed by atoms with Crippen molar-refractivity contribution >= 4 is 11.9 Å². The van der Waals surface area contributed by atoms with E-state index >= 15 is 0 Å². The van der Waals surface area contributed by atoms with Gasteiger partial charge in [0.15, 0.2) is 5.69 Å². The van der Waals surface area contributed by atoms with Gasteiger partial charge in [-0.3, -0.25) is 14.3 Å². The van der Waals surface area contributed by atoms with Crippen LogP contribution >= 0.6 is 0 Å². The predicted octanol–water partition coefficient (Wildman–Crippen LogP) is 0.000100. The van der Waals surface area contributed by atoms with Crippen molar-refractivity contribution in [2.24, 2.45) is 11.7 Å². The average molecular weight is 295 g/mol. The molecule has 8 heteroatoms. The number of aromatic nitrogens is 3. The summed E-state index contributed by atoms with van der Waals surface area (Å²) in [5, 5.41) is 19.7. The lowest BCUT2D eigenvalue weighted by Gasteiger charge is -2.22. The summed E-state index contributed by atoms with van der Waals surface area (Å²) in [6, 6.07) is -0.350. The maximum Gasteiger partial charge on any atom is 0.308 e. The summed E-state index contributed by atoms with van der Waals surface area (Å²) in [5.41, 5.74) is 5.60. The number of carboxylic acid groups (broad SMARTS) is 1. The molecule has 0 radical (unpaired) electrons. The standard InChI is InChI=1S/C13H21N5O3/c14-6-7-18-8-11(16-17-18)12(19)15-10-5-3-1-2-4-9(10)13(20)21/h8-10H,1-7,14H2,(H,15,19)(H,20,21). The third-order valence-electron chi connectivity index (χ3n) is 3.78. The van der Waals surface area contributed by atoms with Crippen molar-refractivity contribution in [1.29, 1.82) is 0 Å². The molecule has 1 saturated carbocycles. The smallest absolute Gasteiger partial charge is 0.308 e. The number of nitrogens with one attached hydrogen (secondary N) is 1. The number of hydrogen-bond acceptors (Lipinski definition) is 5. The summed E-state index contributed by atoms with van der Waals surface area (Å²) in [6.07, 6.45) is 5.61. The molecule has 0 saturated heterocycles. The fraction of sp³-hybridized carbons (Fsp3) is 0.692. The molecule has 1 amide bonds. The van der Waals surface area contributed by atoms with Crippen molar-refractivity contribution < 1.29 is 14.7 Å². The van der Waals surface area contributed by atoms with E-state index in [-0.39, 0.29) is 17.6 Å². The molecule has 1 aliphatic rings. The van der Waals surface area contributed by atoms with Gasteiger partial charge in [0.25, 0.3) is 5.91 Å². The molecule has 1 aliphatic carbocycles. The summed E-state index contributed by atoms with van der Waals surface area (Å²) in [5.74, 6) is -1.76. The minimum atomic E-state index is -0.853. The molecule has 1 heterocycles. The number of hydrogen-bond donors (Lipinski definition) is 3. The Labute approximate surface area is 122 Å². The summed E-state index contributed by atoms with van der Waals surface area (Å²) in [6.45, 7) is 0.898. The van der Waals surface area contributed by atoms with Crippen LogP contribution in [0.25, 0.3) is 0 Å². The molecule has 0 aliphatic heterocycles. The van der Waals surface area contributed by atoms with E-state index in [1.54, 1.807) is 0 Å². The molecule has 0 spiro atoms. The highest BCUT2D eigenvalue weighted by Gasteiger charge is 2.31. The molecule has 0 bridgehead atoms. The van der Waals surface area contributed by atoms with Crippen LogP contribution in [0.2, 0.25) is 0 Å². The lowest BCUT2D eigenvalue weighted by Crippen LogP contribution is -2.43. The van der Waals surface area contributed by atoms with Crippen LogP contribution in [-0.2, 0) is 11.3 Å². The second kappa shape index (κ2) is 7.16. The highest BCUT2D eigenvalue weighted by molar-refractivity contribution is 5.92. The minimum Gasteiger partial charge on any atom is -0.481 e. The zero-order chi connectivity index (χ0) is 15.2. The van der Waals surface area contributed by atoms with Gasteiger partial charge >= 0.3 is 5.97 Å². The third kappa shape index (κ3) is 4.01. The van der Waals surface area contributed by atoms with Crippen molar-refractivity contribution in [3.63, 3.8) is 0 Å². The maximum absolute atomic E-state index is 12.2. The van der Waals surface area contributed by atoms with Crippen LogP contribution in [0.5, 0.6) is 0 Å². The molecular weight excluding hydrogens is 274 g/mol. The predicted molar refractivity (Wildman–Crippen MR) is 74.5 cm³/mol. The Balaban J connectivity index is 2.03. The van der Waals surface area contributed by atoms with Gasteiger partial charge < -0.3 is 16.2 Å². The molecule has 2 rings (SSSR count). The average Bonchev–Trinajstić information content (AvgIpc) is 2.78. The zero-order valence-electron chi connectivity index (χ0n) is 11.9. The Morgan fingerprint density at radius 2 is 2.14 bits per heavy atom. The van der Waals surface area contributed by atoms with Crippen molar-refractivity contribution in [1.82, 2.24) is 20.3 Å². The molecule has 8 nitrogen and oxygen atoms in total. The van der Waals surface area contributed by atoms with E-state index in [9.17, 15) is 14.7 Å². The van der Waals surface area contributed by atoms with Crippen LogP contribution < -0.4 is 11.1 Å². The highest BCUT2D eigenvalue weighted by Crippen LogP contribution is 2.24. The first-order valence-corrected chi connectivity index (χ1v) is 7.25. The van der Waals surface area contributed by atoms with Gasteiger partial charge in [-0.1, -0.05) is 24.5 Å². The van der Waals surface area contributed by atoms with Crippen LogP contribution in [0.1, 0.15) is 42.6 Å². The number of carbonyl (C=O) groups is 2. The maximum atomic E-state index is 12.2. The molecule has 2 atom stereocenters. The second-order valence-electron chi connectivity index (χ2n) is 5.32. The number of carboxylic acids is 1. The number of nitrogens with zero attached hydrogens (tertiary/aromatic N) is 3. The van der Waals surface area contributed by atoms with Crippen molar-refractivity contribution in [3.05, 3.63) is 11.9 Å². The fourth-order valence-electron chi connectivity index (χ4n) is 2.66. The molecule has 2 unspecified atom stereocenters. The molecule has 0 aromatic carbocycles. The number of nitrogens with two attached hydrogens (primary N) is 1. The van der Waals surface area contributed by atoms with Crippen LogP contribution in [0.4, 0.5) is 0 Å². The Morgan fingerprint density at radius 1 is 1.38 bits per heavy atom. The number of aliphatic carboxylic acids is 1. The van der Waals surface area contributed by atoms with E-state index in [0.29, 0.717) is 25.9 Å². The van der Waals surface area contributed by atoms with Crippen LogP contribution in [-0.4, -0.2) is 44.6 Å². The van der Waals surface area contributed by atoms with Gasteiger partial charge in [0.05, 0.1) is 18.7 Å². The van der Waals surface area contributed by atoms with Gasteiger partial charge in [-0.2, -0.15) is 0 Å². The van der Waals surface area contributed by atoms with E-state index in [4.69, 9.17) is 5.73 Å². The Morgan fingerprint density at radius 3 is 2.86 bits per heavy atom. The second-order valence-corrected chi connectivity index (χ2v) is 5.32. The first-order chi connectivity index (χ1) is 10.1. The number of carbonyl (C=O) groups excluding carboxylic acids is 1. The van der Waals surface area contributed by atoms with Crippen LogP contribution in [0.3, 0.4) is 0 Å². The van der Waals surface area contributed by atoms with E-state index < -0.39 is 11.9 Å². The van der Waals surface area contributed by atoms with Gasteiger partial charge in [0, 0.05) is 12.6 Å². The van der Waals surface area contributed by atoms with E-state index in [2.05, 4.69) is 15.6 Å². The molecule has 21 heavy (non-hydrogen) atoms. The van der Waals surface area contributed by atoms with Gasteiger partial charge in [-0.05, 0) is 12.8 Å². The quantitative estimate of drug-likeness (QED) is 0.657. The Bertz CT molecular complexity index is 502. The van der Waals surface area contributed by atoms with Crippen LogP contribution in [0.15, 0.2) is 6.20 Å². The third-order valence-corrected chi connectivity index (χ3v) is 3.78. The molecule has 116 valence electrons. The molecule has 4 N–H and O–H groups in total. The van der Waals surface area contributed by atoms with Gasteiger partial charge in [0.1, 0.15) is 0 Å². The summed E-state index contributed by atoms with van der Waals surface area (Å²) in [7, 11) is 0. The van der Waals surface area contributed by atoms with Gasteiger partial charge in [0.2, 0.25) is 0 Å². The van der Waals surface area contributed by atoms with Gasteiger partial charge in [-0.15, -0.1) is 5.10 Å². The molecule has 1 aromatic heterocycles. The molecular formula is C13H21N5O3. The minimum absolute atomic E-state index is 0.192. The Hall–Kier alpha value is -1.96. The highest BCUT2D eigenvalue weighted by atomic mass is 16.4. The first-order valence-electron chi connectivity index (χ1n) is 7.25. The lowest BCUT2D eigenvalue weighted by atomic mass is 9.95. The summed E-state index contributed by atoms with van der Waals surface area (Å²) < 4.78 is 1.50. The first kappa shape index (κ1) is 15.4. The zero-order valence-corrected chi connectivity index (χ0v) is 11.9. The fourth-order valence-corrected chi connectivity index (χ4v) is 2.66. The van der Waals surface area contributed by atoms with Crippen molar-refractivity contribution in [3.8, 4) is 0 Å². The SMILES string of the molecule is NCCn1cc(C(=O)NC2CCCCCC2C(=O)O)nn1. The monoisotopic (exact) mass is 295 g/mol. The topological polar surface area (TPSA) is 123 Å². The molecule has 1 aromatic rings. The lowest BCUT2D eigenvalue weighted by molar-refractivity contribution is -0.142. The van der Waals surface area contributed by atoms with E-state index in [0.717, 1.165) is 19.3 Å². The van der Waals surface area contributed by atoms with Gasteiger partial charge in [-0.25, -0.2) is 0 Å². The summed E-state index contributed by atoms with van der Waals surface area (Å²) >= 11 is 0. The van der Waals surface area contributed by atoms with E-state index in [1.807, 2.05) is 0 Å².